The Labute approximate surface area is 118 Å². The molecule has 0 aliphatic carbocycles. The first-order chi connectivity index (χ1) is 9.60. The van der Waals surface area contributed by atoms with Gasteiger partial charge in [-0.05, 0) is 56.2 Å². The second-order valence-electron chi connectivity index (χ2n) is 5.28. The fraction of sp³-hybridized carbons (Fsp3) is 0.312. The zero-order valence-corrected chi connectivity index (χ0v) is 12.1. The van der Waals surface area contributed by atoms with Crippen LogP contribution in [-0.4, -0.2) is 16.1 Å². The van der Waals surface area contributed by atoms with Gasteiger partial charge in [0.1, 0.15) is 17.6 Å². The molecule has 0 amide bonds. The Morgan fingerprint density at radius 1 is 1.20 bits per heavy atom. The second kappa shape index (κ2) is 4.80. The number of nitrogens with zero attached hydrogens (tertiary/aromatic N) is 2. The number of hydrogen-bond donors (Lipinski definition) is 1. The van der Waals surface area contributed by atoms with Crippen LogP contribution in [0, 0.1) is 20.8 Å². The molecule has 0 spiro atoms. The van der Waals surface area contributed by atoms with Crippen LogP contribution in [0.5, 0.6) is 0 Å². The van der Waals surface area contributed by atoms with E-state index >= 15 is 0 Å². The lowest BCUT2D eigenvalue weighted by Crippen LogP contribution is -2.19. The molecule has 104 valence electrons. The highest BCUT2D eigenvalue weighted by Crippen LogP contribution is 2.26. The lowest BCUT2D eigenvalue weighted by Gasteiger charge is -2.15. The van der Waals surface area contributed by atoms with Crippen LogP contribution >= 0.6 is 0 Å². The number of fused-ring (bicyclic) bond motifs is 1. The quantitative estimate of drug-likeness (QED) is 0.795. The van der Waals surface area contributed by atoms with Crippen LogP contribution in [-0.2, 0) is 0 Å². The van der Waals surface area contributed by atoms with Gasteiger partial charge in [0, 0.05) is 6.54 Å². The van der Waals surface area contributed by atoms with Gasteiger partial charge in [0.2, 0.25) is 0 Å². The van der Waals surface area contributed by atoms with Crippen molar-refractivity contribution in [3.05, 3.63) is 53.2 Å². The molecule has 0 saturated heterocycles. The first-order valence-electron chi connectivity index (χ1n) is 6.80. The molecule has 20 heavy (non-hydrogen) atoms. The monoisotopic (exact) mass is 269 g/mol. The Kier molecular flexibility index (Phi) is 3.10. The van der Waals surface area contributed by atoms with Crippen molar-refractivity contribution in [3.63, 3.8) is 0 Å². The van der Waals surface area contributed by atoms with Gasteiger partial charge in [0.15, 0.2) is 0 Å². The second-order valence-corrected chi connectivity index (χ2v) is 5.28. The Morgan fingerprint density at radius 3 is 2.60 bits per heavy atom. The smallest absolute Gasteiger partial charge is 0.128 e. The molecule has 0 aliphatic rings. The van der Waals surface area contributed by atoms with E-state index in [0.29, 0.717) is 6.54 Å². The summed E-state index contributed by atoms with van der Waals surface area (Å²) in [5.74, 6) is 1.78. The maximum Gasteiger partial charge on any atom is 0.128 e. The van der Waals surface area contributed by atoms with Gasteiger partial charge in [-0.3, -0.25) is 0 Å². The van der Waals surface area contributed by atoms with Gasteiger partial charge in [-0.15, -0.1) is 0 Å². The van der Waals surface area contributed by atoms with Gasteiger partial charge in [-0.1, -0.05) is 0 Å². The van der Waals surface area contributed by atoms with E-state index in [0.717, 1.165) is 22.6 Å². The van der Waals surface area contributed by atoms with Crippen molar-refractivity contribution in [1.82, 2.24) is 9.55 Å². The Morgan fingerprint density at radius 2 is 1.95 bits per heavy atom. The van der Waals surface area contributed by atoms with E-state index in [9.17, 15) is 0 Å². The minimum absolute atomic E-state index is 0.0178. The first kappa shape index (κ1) is 12.9. The summed E-state index contributed by atoms with van der Waals surface area (Å²) < 4.78 is 7.83. The maximum absolute atomic E-state index is 5.96. The maximum atomic E-state index is 5.96. The highest BCUT2D eigenvalue weighted by Gasteiger charge is 2.18. The van der Waals surface area contributed by atoms with Crippen LogP contribution in [0.3, 0.4) is 0 Å². The zero-order chi connectivity index (χ0) is 14.3. The summed E-state index contributed by atoms with van der Waals surface area (Å²) in [5.41, 5.74) is 10.6. The number of aromatic nitrogens is 2. The van der Waals surface area contributed by atoms with Crippen molar-refractivity contribution in [2.45, 2.75) is 26.8 Å². The summed E-state index contributed by atoms with van der Waals surface area (Å²) in [6, 6.07) is 8.21. The third kappa shape index (κ3) is 2.02. The van der Waals surface area contributed by atoms with E-state index < -0.39 is 0 Å². The van der Waals surface area contributed by atoms with Crippen molar-refractivity contribution >= 4 is 11.0 Å². The normalized spacial score (nSPS) is 13.0. The largest absolute Gasteiger partial charge is 0.464 e. The van der Waals surface area contributed by atoms with Crippen molar-refractivity contribution in [3.8, 4) is 0 Å². The van der Waals surface area contributed by atoms with Gasteiger partial charge in [0.25, 0.3) is 0 Å². The first-order valence-corrected chi connectivity index (χ1v) is 6.80. The molecule has 0 bridgehead atoms. The number of imidazole rings is 1. The van der Waals surface area contributed by atoms with Gasteiger partial charge in [0.05, 0.1) is 17.4 Å². The SMILES string of the molecule is Cc1ccc(C(CN)n2cnc3cc(C)c(C)cc32)o1. The highest BCUT2D eigenvalue weighted by atomic mass is 16.3. The van der Waals surface area contributed by atoms with Crippen molar-refractivity contribution in [2.24, 2.45) is 5.73 Å². The topological polar surface area (TPSA) is 57.0 Å². The molecule has 4 heteroatoms. The third-order valence-corrected chi connectivity index (χ3v) is 3.84. The molecule has 0 radical (unpaired) electrons. The average molecular weight is 269 g/mol. The predicted octanol–water partition coefficient (Wildman–Crippen LogP) is 3.10. The Balaban J connectivity index is 2.15. The summed E-state index contributed by atoms with van der Waals surface area (Å²) in [5, 5.41) is 0. The fourth-order valence-electron chi connectivity index (χ4n) is 2.53. The van der Waals surface area contributed by atoms with Crippen LogP contribution in [0.25, 0.3) is 11.0 Å². The minimum Gasteiger partial charge on any atom is -0.464 e. The molecule has 2 heterocycles. The van der Waals surface area contributed by atoms with Crippen LogP contribution in [0.2, 0.25) is 0 Å². The summed E-state index contributed by atoms with van der Waals surface area (Å²) in [6.07, 6.45) is 1.85. The molecule has 4 nitrogen and oxygen atoms in total. The third-order valence-electron chi connectivity index (χ3n) is 3.84. The molecule has 1 aromatic carbocycles. The molecule has 2 N–H and O–H groups in total. The molecule has 2 aromatic heterocycles. The van der Waals surface area contributed by atoms with Gasteiger partial charge >= 0.3 is 0 Å². The van der Waals surface area contributed by atoms with E-state index in [4.69, 9.17) is 10.2 Å². The predicted molar refractivity (Wildman–Crippen MR) is 79.8 cm³/mol. The number of rotatable bonds is 3. The number of nitrogens with two attached hydrogens (primary N) is 1. The minimum atomic E-state index is -0.0178. The summed E-state index contributed by atoms with van der Waals surface area (Å²) in [7, 11) is 0. The van der Waals surface area contributed by atoms with Gasteiger partial charge < -0.3 is 14.7 Å². The van der Waals surface area contributed by atoms with E-state index in [1.807, 2.05) is 25.4 Å². The highest BCUT2D eigenvalue weighted by molar-refractivity contribution is 5.77. The number of aryl methyl sites for hydroxylation is 3. The van der Waals surface area contributed by atoms with E-state index in [2.05, 4.69) is 35.5 Å². The molecule has 3 aromatic rings. The molecular formula is C16H19N3O. The van der Waals surface area contributed by atoms with Crippen LogP contribution in [0.4, 0.5) is 0 Å². The summed E-state index contributed by atoms with van der Waals surface area (Å²) in [6.45, 7) is 6.63. The fourth-order valence-corrected chi connectivity index (χ4v) is 2.53. The molecule has 0 fully saturated rings. The Hall–Kier alpha value is -2.07. The van der Waals surface area contributed by atoms with Crippen LogP contribution in [0.1, 0.15) is 28.7 Å². The van der Waals surface area contributed by atoms with Gasteiger partial charge in [-0.2, -0.15) is 0 Å². The van der Waals surface area contributed by atoms with Crippen molar-refractivity contribution in [2.75, 3.05) is 6.54 Å². The van der Waals surface area contributed by atoms with Crippen LogP contribution in [0.15, 0.2) is 35.0 Å². The van der Waals surface area contributed by atoms with E-state index in [-0.39, 0.29) is 6.04 Å². The molecular weight excluding hydrogens is 250 g/mol. The molecule has 3 rings (SSSR count). The zero-order valence-electron chi connectivity index (χ0n) is 12.1. The number of benzene rings is 1. The summed E-state index contributed by atoms with van der Waals surface area (Å²) in [4.78, 5) is 4.49. The van der Waals surface area contributed by atoms with E-state index in [1.165, 1.54) is 11.1 Å². The molecule has 1 atom stereocenters. The standard InChI is InChI=1S/C16H19N3O/c1-10-6-13-14(7-11(10)2)19(9-18-13)15(8-17)16-5-4-12(3)20-16/h4-7,9,15H,8,17H2,1-3H3. The lowest BCUT2D eigenvalue weighted by atomic mass is 10.1. The van der Waals surface area contributed by atoms with Gasteiger partial charge in [-0.25, -0.2) is 4.98 Å². The Bertz CT molecular complexity index is 754. The number of furan rings is 1. The van der Waals surface area contributed by atoms with Crippen LogP contribution < -0.4 is 5.73 Å². The molecule has 0 saturated carbocycles. The van der Waals surface area contributed by atoms with Crippen molar-refractivity contribution < 1.29 is 4.42 Å². The molecule has 0 aliphatic heterocycles. The van der Waals surface area contributed by atoms with Crippen molar-refractivity contribution in [1.29, 1.82) is 0 Å². The molecule has 1 unspecified atom stereocenters. The lowest BCUT2D eigenvalue weighted by molar-refractivity contribution is 0.421. The van der Waals surface area contributed by atoms with E-state index in [1.54, 1.807) is 0 Å². The average Bonchev–Trinajstić information content (AvgIpc) is 3.00. The summed E-state index contributed by atoms with van der Waals surface area (Å²) >= 11 is 0. The number of hydrogen-bond acceptors (Lipinski definition) is 3.